The average Bonchev–Trinajstić information content (AvgIpc) is 2.28. The van der Waals surface area contributed by atoms with Crippen LogP contribution in [-0.4, -0.2) is 48.6 Å². The number of hydrogen-bond acceptors (Lipinski definition) is 3. The lowest BCUT2D eigenvalue weighted by Crippen LogP contribution is -2.34. The molecule has 0 aliphatic carbocycles. The molecule has 0 saturated carbocycles. The van der Waals surface area contributed by atoms with Crippen LogP contribution in [0.15, 0.2) is 24.3 Å². The second kappa shape index (κ2) is 7.39. The third-order valence-electron chi connectivity index (χ3n) is 2.87. The molecule has 0 saturated heterocycles. The second-order valence-corrected chi connectivity index (χ2v) is 5.56. The molecule has 0 aromatic heterocycles. The van der Waals surface area contributed by atoms with Gasteiger partial charge in [0.15, 0.2) is 0 Å². The SMILES string of the molecule is CC(C)CN(CCN(C)C)Cc1ccccc1O. The summed E-state index contributed by atoms with van der Waals surface area (Å²) in [4.78, 5) is 4.60. The first kappa shape index (κ1) is 15.0. The van der Waals surface area contributed by atoms with Crippen molar-refractivity contribution >= 4 is 0 Å². The number of benzene rings is 1. The van der Waals surface area contributed by atoms with Crippen molar-refractivity contribution in [1.29, 1.82) is 0 Å². The topological polar surface area (TPSA) is 26.7 Å². The highest BCUT2D eigenvalue weighted by atomic mass is 16.3. The predicted octanol–water partition coefficient (Wildman–Crippen LogP) is 2.41. The molecule has 0 aliphatic rings. The molecule has 3 heteroatoms. The van der Waals surface area contributed by atoms with Gasteiger partial charge in [0.1, 0.15) is 5.75 Å². The predicted molar refractivity (Wildman–Crippen MR) is 76.8 cm³/mol. The molecule has 18 heavy (non-hydrogen) atoms. The summed E-state index contributed by atoms with van der Waals surface area (Å²) < 4.78 is 0. The summed E-state index contributed by atoms with van der Waals surface area (Å²) in [7, 11) is 4.18. The summed E-state index contributed by atoms with van der Waals surface area (Å²) in [6, 6.07) is 7.60. The van der Waals surface area contributed by atoms with Gasteiger partial charge in [-0.2, -0.15) is 0 Å². The minimum Gasteiger partial charge on any atom is -0.508 e. The molecule has 1 aromatic carbocycles. The zero-order valence-corrected chi connectivity index (χ0v) is 12.1. The minimum atomic E-state index is 0.399. The van der Waals surface area contributed by atoms with E-state index in [1.54, 1.807) is 6.07 Å². The molecule has 0 spiro atoms. The first-order valence-corrected chi connectivity index (χ1v) is 6.63. The highest BCUT2D eigenvalue weighted by molar-refractivity contribution is 5.31. The number of phenolic OH excluding ortho intramolecular Hbond substituents is 1. The molecule has 0 amide bonds. The van der Waals surface area contributed by atoms with Crippen LogP contribution in [0.25, 0.3) is 0 Å². The molecule has 1 N–H and O–H groups in total. The van der Waals surface area contributed by atoms with Crippen molar-refractivity contribution in [3.05, 3.63) is 29.8 Å². The largest absolute Gasteiger partial charge is 0.508 e. The standard InChI is InChI=1S/C15H26N2O/c1-13(2)11-17(10-9-16(3)4)12-14-7-5-6-8-15(14)18/h5-8,13,18H,9-12H2,1-4H3. The van der Waals surface area contributed by atoms with Crippen LogP contribution >= 0.6 is 0 Å². The van der Waals surface area contributed by atoms with E-state index in [9.17, 15) is 5.11 Å². The molecule has 0 aliphatic heterocycles. The van der Waals surface area contributed by atoms with Gasteiger partial charge in [-0.3, -0.25) is 4.90 Å². The lowest BCUT2D eigenvalue weighted by molar-refractivity contribution is 0.210. The van der Waals surface area contributed by atoms with Crippen LogP contribution in [0.1, 0.15) is 19.4 Å². The number of nitrogens with zero attached hydrogens (tertiary/aromatic N) is 2. The highest BCUT2D eigenvalue weighted by Crippen LogP contribution is 2.18. The zero-order valence-electron chi connectivity index (χ0n) is 12.1. The number of aromatic hydroxyl groups is 1. The van der Waals surface area contributed by atoms with E-state index in [2.05, 4.69) is 37.7 Å². The Bertz CT molecular complexity index is 350. The number of likely N-dealkylation sites (N-methyl/N-ethyl adjacent to an activating group) is 1. The van der Waals surface area contributed by atoms with Crippen LogP contribution in [0.3, 0.4) is 0 Å². The number of rotatable bonds is 7. The van der Waals surface area contributed by atoms with Crippen LogP contribution in [0, 0.1) is 5.92 Å². The van der Waals surface area contributed by atoms with E-state index in [0.29, 0.717) is 11.7 Å². The maximum atomic E-state index is 9.83. The Hall–Kier alpha value is -1.06. The first-order valence-electron chi connectivity index (χ1n) is 6.63. The smallest absolute Gasteiger partial charge is 0.120 e. The van der Waals surface area contributed by atoms with Crippen molar-refractivity contribution in [2.24, 2.45) is 5.92 Å². The third-order valence-corrected chi connectivity index (χ3v) is 2.87. The molecule has 1 rings (SSSR count). The Morgan fingerprint density at radius 2 is 1.78 bits per heavy atom. The maximum absolute atomic E-state index is 9.83. The van der Waals surface area contributed by atoms with Crippen molar-refractivity contribution < 1.29 is 5.11 Å². The Morgan fingerprint density at radius 3 is 2.33 bits per heavy atom. The lowest BCUT2D eigenvalue weighted by Gasteiger charge is -2.26. The van der Waals surface area contributed by atoms with E-state index in [0.717, 1.165) is 31.7 Å². The van der Waals surface area contributed by atoms with E-state index in [-0.39, 0.29) is 0 Å². The van der Waals surface area contributed by atoms with Crippen LogP contribution in [-0.2, 0) is 6.54 Å². The second-order valence-electron chi connectivity index (χ2n) is 5.56. The average molecular weight is 250 g/mol. The molecule has 0 radical (unpaired) electrons. The molecule has 102 valence electrons. The fourth-order valence-corrected chi connectivity index (χ4v) is 1.98. The first-order chi connectivity index (χ1) is 8.49. The van der Waals surface area contributed by atoms with E-state index in [1.807, 2.05) is 18.2 Å². The van der Waals surface area contributed by atoms with E-state index >= 15 is 0 Å². The number of phenols is 1. The van der Waals surface area contributed by atoms with Gasteiger partial charge >= 0.3 is 0 Å². The summed E-state index contributed by atoms with van der Waals surface area (Å²) in [6.07, 6.45) is 0. The Morgan fingerprint density at radius 1 is 1.11 bits per heavy atom. The summed E-state index contributed by atoms with van der Waals surface area (Å²) in [6.45, 7) is 8.40. The maximum Gasteiger partial charge on any atom is 0.120 e. The molecule has 0 fully saturated rings. The van der Waals surface area contributed by atoms with Gasteiger partial charge in [-0.1, -0.05) is 32.0 Å². The molecular formula is C15H26N2O. The zero-order chi connectivity index (χ0) is 13.5. The van der Waals surface area contributed by atoms with Crippen molar-refractivity contribution in [2.75, 3.05) is 33.7 Å². The van der Waals surface area contributed by atoms with Crippen molar-refractivity contribution in [1.82, 2.24) is 9.80 Å². The van der Waals surface area contributed by atoms with Gasteiger partial charge in [0.25, 0.3) is 0 Å². The summed E-state index contributed by atoms with van der Waals surface area (Å²) >= 11 is 0. The molecule has 0 heterocycles. The Kier molecular flexibility index (Phi) is 6.16. The number of hydrogen-bond donors (Lipinski definition) is 1. The van der Waals surface area contributed by atoms with E-state index in [1.165, 1.54) is 0 Å². The lowest BCUT2D eigenvalue weighted by atomic mass is 10.1. The molecule has 0 unspecified atom stereocenters. The Balaban J connectivity index is 2.62. The van der Waals surface area contributed by atoms with E-state index < -0.39 is 0 Å². The molecular weight excluding hydrogens is 224 g/mol. The van der Waals surface area contributed by atoms with Gasteiger partial charge in [-0.05, 0) is 26.1 Å². The highest BCUT2D eigenvalue weighted by Gasteiger charge is 2.10. The molecule has 0 atom stereocenters. The van der Waals surface area contributed by atoms with Crippen LogP contribution < -0.4 is 0 Å². The molecule has 0 bridgehead atoms. The fraction of sp³-hybridized carbons (Fsp3) is 0.600. The van der Waals surface area contributed by atoms with Crippen molar-refractivity contribution in [3.63, 3.8) is 0 Å². The van der Waals surface area contributed by atoms with Gasteiger partial charge in [0.05, 0.1) is 0 Å². The van der Waals surface area contributed by atoms with Crippen molar-refractivity contribution in [3.8, 4) is 5.75 Å². The monoisotopic (exact) mass is 250 g/mol. The fourth-order valence-electron chi connectivity index (χ4n) is 1.98. The molecule has 1 aromatic rings. The van der Waals surface area contributed by atoms with Crippen LogP contribution in [0.5, 0.6) is 5.75 Å². The van der Waals surface area contributed by atoms with E-state index in [4.69, 9.17) is 0 Å². The van der Waals surface area contributed by atoms with Gasteiger partial charge in [0.2, 0.25) is 0 Å². The van der Waals surface area contributed by atoms with Gasteiger partial charge in [0, 0.05) is 31.7 Å². The summed E-state index contributed by atoms with van der Waals surface area (Å²) in [5, 5.41) is 9.83. The third kappa shape index (κ3) is 5.52. The van der Waals surface area contributed by atoms with Crippen LogP contribution in [0.2, 0.25) is 0 Å². The molecule has 3 nitrogen and oxygen atoms in total. The van der Waals surface area contributed by atoms with Crippen LogP contribution in [0.4, 0.5) is 0 Å². The van der Waals surface area contributed by atoms with Gasteiger partial charge < -0.3 is 10.0 Å². The normalized spacial score (nSPS) is 11.7. The minimum absolute atomic E-state index is 0.399. The quantitative estimate of drug-likeness (QED) is 0.805. The Labute approximate surface area is 111 Å². The summed E-state index contributed by atoms with van der Waals surface area (Å²) in [5.41, 5.74) is 1.01. The summed E-state index contributed by atoms with van der Waals surface area (Å²) in [5.74, 6) is 1.04. The van der Waals surface area contributed by atoms with Crippen molar-refractivity contribution in [2.45, 2.75) is 20.4 Å². The number of para-hydroxylation sites is 1. The van der Waals surface area contributed by atoms with Gasteiger partial charge in [-0.25, -0.2) is 0 Å². The van der Waals surface area contributed by atoms with Gasteiger partial charge in [-0.15, -0.1) is 0 Å².